The fourth-order valence-electron chi connectivity index (χ4n) is 2.04. The molecule has 0 aliphatic carbocycles. The molecule has 0 amide bonds. The number of nitrogens with zero attached hydrogens (tertiary/aromatic N) is 2. The standard InChI is InChI=1S/C14H18N4O2/c1-9(15)5-6-16-14-7-10(2)17-13-4-3-11(18(19)20)8-12(13)14/h3-4,7-9H,5-6,15H2,1-2H3,(H,16,17). The van der Waals surface area contributed by atoms with Crippen LogP contribution in [0.2, 0.25) is 0 Å². The Morgan fingerprint density at radius 1 is 1.45 bits per heavy atom. The fraction of sp³-hybridized carbons (Fsp3) is 0.357. The molecule has 0 fully saturated rings. The number of nitrogens with one attached hydrogen (secondary N) is 1. The molecule has 0 bridgehead atoms. The molecule has 2 aromatic rings. The summed E-state index contributed by atoms with van der Waals surface area (Å²) in [5, 5.41) is 14.9. The Labute approximate surface area is 117 Å². The molecular weight excluding hydrogens is 256 g/mol. The predicted octanol–water partition coefficient (Wildman–Crippen LogP) is 2.60. The van der Waals surface area contributed by atoms with Crippen LogP contribution in [0.1, 0.15) is 19.0 Å². The lowest BCUT2D eigenvalue weighted by Crippen LogP contribution is -2.19. The summed E-state index contributed by atoms with van der Waals surface area (Å²) in [7, 11) is 0. The average Bonchev–Trinajstić information content (AvgIpc) is 2.37. The molecular formula is C14H18N4O2. The first-order valence-electron chi connectivity index (χ1n) is 6.52. The lowest BCUT2D eigenvalue weighted by atomic mass is 10.1. The van der Waals surface area contributed by atoms with E-state index >= 15 is 0 Å². The van der Waals surface area contributed by atoms with E-state index in [-0.39, 0.29) is 11.7 Å². The van der Waals surface area contributed by atoms with Crippen LogP contribution >= 0.6 is 0 Å². The van der Waals surface area contributed by atoms with Gasteiger partial charge in [0, 0.05) is 41.5 Å². The summed E-state index contributed by atoms with van der Waals surface area (Å²) < 4.78 is 0. The first kappa shape index (κ1) is 14.2. The first-order valence-corrected chi connectivity index (χ1v) is 6.52. The maximum absolute atomic E-state index is 10.9. The highest BCUT2D eigenvalue weighted by atomic mass is 16.6. The number of hydrogen-bond donors (Lipinski definition) is 2. The van der Waals surface area contributed by atoms with Crippen LogP contribution < -0.4 is 11.1 Å². The van der Waals surface area contributed by atoms with Gasteiger partial charge in [-0.25, -0.2) is 0 Å². The molecule has 1 aromatic heterocycles. The minimum absolute atomic E-state index is 0.0680. The third-order valence-corrected chi connectivity index (χ3v) is 3.05. The van der Waals surface area contributed by atoms with Gasteiger partial charge in [0.25, 0.3) is 5.69 Å². The normalized spacial score (nSPS) is 12.3. The molecule has 1 unspecified atom stereocenters. The van der Waals surface area contributed by atoms with E-state index < -0.39 is 4.92 Å². The number of hydrogen-bond acceptors (Lipinski definition) is 5. The number of nitro groups is 1. The van der Waals surface area contributed by atoms with E-state index in [0.29, 0.717) is 0 Å². The smallest absolute Gasteiger partial charge is 0.270 e. The van der Waals surface area contributed by atoms with Crippen molar-refractivity contribution in [3.8, 4) is 0 Å². The maximum Gasteiger partial charge on any atom is 0.270 e. The van der Waals surface area contributed by atoms with Gasteiger partial charge < -0.3 is 11.1 Å². The van der Waals surface area contributed by atoms with Gasteiger partial charge in [0.05, 0.1) is 10.4 Å². The van der Waals surface area contributed by atoms with Crippen LogP contribution in [0.25, 0.3) is 10.9 Å². The Morgan fingerprint density at radius 2 is 2.20 bits per heavy atom. The van der Waals surface area contributed by atoms with Crippen molar-refractivity contribution in [3.05, 3.63) is 40.1 Å². The Morgan fingerprint density at radius 3 is 2.85 bits per heavy atom. The highest BCUT2D eigenvalue weighted by Crippen LogP contribution is 2.27. The summed E-state index contributed by atoms with van der Waals surface area (Å²) in [6.45, 7) is 4.57. The van der Waals surface area contributed by atoms with Gasteiger partial charge in [0.2, 0.25) is 0 Å². The molecule has 106 valence electrons. The number of anilines is 1. The minimum Gasteiger partial charge on any atom is -0.384 e. The summed E-state index contributed by atoms with van der Waals surface area (Å²) in [4.78, 5) is 14.9. The van der Waals surface area contributed by atoms with Crippen LogP contribution in [0.3, 0.4) is 0 Å². The van der Waals surface area contributed by atoms with Crippen molar-refractivity contribution >= 4 is 22.3 Å². The van der Waals surface area contributed by atoms with Gasteiger partial charge in [-0.3, -0.25) is 15.1 Å². The minimum atomic E-state index is -0.398. The van der Waals surface area contributed by atoms with Crippen molar-refractivity contribution in [2.45, 2.75) is 26.3 Å². The number of nitrogens with two attached hydrogens (primary N) is 1. The van der Waals surface area contributed by atoms with Crippen LogP contribution in [0.15, 0.2) is 24.3 Å². The zero-order valence-corrected chi connectivity index (χ0v) is 11.6. The van der Waals surface area contributed by atoms with E-state index in [2.05, 4.69) is 10.3 Å². The van der Waals surface area contributed by atoms with Gasteiger partial charge >= 0.3 is 0 Å². The van der Waals surface area contributed by atoms with E-state index in [1.54, 1.807) is 12.1 Å². The fourth-order valence-corrected chi connectivity index (χ4v) is 2.04. The highest BCUT2D eigenvalue weighted by Gasteiger charge is 2.10. The molecule has 0 radical (unpaired) electrons. The molecule has 0 saturated heterocycles. The van der Waals surface area contributed by atoms with Gasteiger partial charge in [-0.15, -0.1) is 0 Å². The summed E-state index contributed by atoms with van der Waals surface area (Å²) in [5.74, 6) is 0. The quantitative estimate of drug-likeness (QED) is 0.645. The van der Waals surface area contributed by atoms with Gasteiger partial charge in [0.1, 0.15) is 0 Å². The van der Waals surface area contributed by atoms with Crippen LogP contribution in [-0.2, 0) is 0 Å². The molecule has 0 saturated carbocycles. The number of pyridine rings is 1. The van der Waals surface area contributed by atoms with Crippen LogP contribution in [0.4, 0.5) is 11.4 Å². The van der Waals surface area contributed by atoms with Crippen LogP contribution in [-0.4, -0.2) is 22.5 Å². The molecule has 20 heavy (non-hydrogen) atoms. The van der Waals surface area contributed by atoms with Gasteiger partial charge in [-0.1, -0.05) is 0 Å². The maximum atomic E-state index is 10.9. The molecule has 1 heterocycles. The average molecular weight is 274 g/mol. The molecule has 3 N–H and O–H groups in total. The monoisotopic (exact) mass is 274 g/mol. The third-order valence-electron chi connectivity index (χ3n) is 3.05. The number of aryl methyl sites for hydroxylation is 1. The summed E-state index contributed by atoms with van der Waals surface area (Å²) in [5.41, 5.74) is 8.27. The van der Waals surface area contributed by atoms with E-state index in [1.165, 1.54) is 6.07 Å². The number of benzene rings is 1. The van der Waals surface area contributed by atoms with Crippen molar-refractivity contribution in [2.75, 3.05) is 11.9 Å². The number of fused-ring (bicyclic) bond motifs is 1. The second-order valence-electron chi connectivity index (χ2n) is 4.96. The lowest BCUT2D eigenvalue weighted by molar-refractivity contribution is -0.384. The topological polar surface area (TPSA) is 94.1 Å². The van der Waals surface area contributed by atoms with Crippen molar-refractivity contribution < 1.29 is 4.92 Å². The predicted molar refractivity (Wildman–Crippen MR) is 79.9 cm³/mol. The van der Waals surface area contributed by atoms with Gasteiger partial charge in [-0.05, 0) is 32.4 Å². The van der Waals surface area contributed by atoms with E-state index in [4.69, 9.17) is 5.73 Å². The molecule has 0 aliphatic heterocycles. The largest absolute Gasteiger partial charge is 0.384 e. The molecule has 0 spiro atoms. The first-order chi connectivity index (χ1) is 9.47. The summed E-state index contributed by atoms with van der Waals surface area (Å²) in [6.07, 6.45) is 0.831. The van der Waals surface area contributed by atoms with Gasteiger partial charge in [0.15, 0.2) is 0 Å². The van der Waals surface area contributed by atoms with E-state index in [0.717, 1.165) is 35.2 Å². The third kappa shape index (κ3) is 3.21. The lowest BCUT2D eigenvalue weighted by Gasteiger charge is -2.12. The molecule has 1 atom stereocenters. The summed E-state index contributed by atoms with van der Waals surface area (Å²) in [6, 6.07) is 6.71. The van der Waals surface area contributed by atoms with Crippen molar-refractivity contribution in [3.63, 3.8) is 0 Å². The Hall–Kier alpha value is -2.21. The molecule has 1 aromatic carbocycles. The Balaban J connectivity index is 2.39. The van der Waals surface area contributed by atoms with Gasteiger partial charge in [-0.2, -0.15) is 0 Å². The zero-order chi connectivity index (χ0) is 14.7. The second kappa shape index (κ2) is 5.83. The molecule has 6 nitrogen and oxygen atoms in total. The van der Waals surface area contributed by atoms with E-state index in [9.17, 15) is 10.1 Å². The Kier molecular flexibility index (Phi) is 4.14. The SMILES string of the molecule is Cc1cc(NCCC(C)N)c2cc([N+](=O)[O-])ccc2n1. The number of nitro benzene ring substituents is 1. The number of aromatic nitrogens is 1. The van der Waals surface area contributed by atoms with E-state index in [1.807, 2.05) is 19.9 Å². The number of non-ortho nitro benzene ring substituents is 1. The van der Waals surface area contributed by atoms with Crippen molar-refractivity contribution in [2.24, 2.45) is 5.73 Å². The van der Waals surface area contributed by atoms with Crippen LogP contribution in [0, 0.1) is 17.0 Å². The molecule has 0 aliphatic rings. The second-order valence-corrected chi connectivity index (χ2v) is 4.96. The number of rotatable bonds is 5. The Bertz CT molecular complexity index is 640. The molecule has 6 heteroatoms. The van der Waals surface area contributed by atoms with Crippen molar-refractivity contribution in [1.82, 2.24) is 4.98 Å². The summed E-state index contributed by atoms with van der Waals surface area (Å²) >= 11 is 0. The molecule has 2 rings (SSSR count). The van der Waals surface area contributed by atoms with Crippen molar-refractivity contribution in [1.29, 1.82) is 0 Å². The highest BCUT2D eigenvalue weighted by molar-refractivity contribution is 5.93. The zero-order valence-electron chi connectivity index (χ0n) is 11.6. The van der Waals surface area contributed by atoms with Crippen LogP contribution in [0.5, 0.6) is 0 Å².